The molecule has 0 aliphatic rings. The Labute approximate surface area is 377 Å². The Bertz CT molecular complexity index is 2240. The molecule has 62 heavy (non-hydrogen) atoms. The van der Waals surface area contributed by atoms with Gasteiger partial charge in [-0.25, -0.2) is 0 Å². The largest absolute Gasteiger partial charge is 0.488 e. The molecule has 4 rings (SSSR count). The van der Waals surface area contributed by atoms with Gasteiger partial charge in [0.15, 0.2) is 13.5 Å². The van der Waals surface area contributed by atoms with Gasteiger partial charge in [0.1, 0.15) is 20.3 Å². The van der Waals surface area contributed by atoms with E-state index >= 15 is 0 Å². The quantitative estimate of drug-likeness (QED) is 0.0377. The highest BCUT2D eigenvalue weighted by molar-refractivity contribution is 7.68. The van der Waals surface area contributed by atoms with Crippen LogP contribution in [0, 0.1) is 13.8 Å². The van der Waals surface area contributed by atoms with E-state index in [9.17, 15) is 0 Å². The summed E-state index contributed by atoms with van der Waals surface area (Å²) in [6, 6.07) is 26.0. The van der Waals surface area contributed by atoms with Crippen LogP contribution >= 0.6 is 17.0 Å². The van der Waals surface area contributed by atoms with Crippen LogP contribution in [0.5, 0.6) is 11.5 Å². The average Bonchev–Trinajstić information content (AvgIpc) is 3.28. The zero-order chi connectivity index (χ0) is 44.9. The normalized spacial score (nSPS) is 13.2. The summed E-state index contributed by atoms with van der Waals surface area (Å²) in [4.78, 5) is 0. The molecule has 0 N–H and O–H groups in total. The molecule has 0 saturated carbocycles. The van der Waals surface area contributed by atoms with Gasteiger partial charge in [-0.3, -0.25) is 0 Å². The SMILES string of the molecule is C=C/C=C\c1cc(CCCC)c(OP(c2ccccc2)c2ccccc2)c(-c2c(/C=C\C=C)c(C)cc(CCCC)c2OPC(C)(CC)O/C=C/C=C\C(=C\C=C)C(=C)C)c1C. The summed E-state index contributed by atoms with van der Waals surface area (Å²) < 4.78 is 21.5. The van der Waals surface area contributed by atoms with Crippen LogP contribution in [0.2, 0.25) is 0 Å². The van der Waals surface area contributed by atoms with E-state index in [2.05, 4.69) is 153 Å². The van der Waals surface area contributed by atoms with Crippen LogP contribution in [0.1, 0.15) is 100 Å². The average molecular weight is 863 g/mol. The number of allylic oxidation sites excluding steroid dienone is 11. The second-order valence-electron chi connectivity index (χ2n) is 15.6. The van der Waals surface area contributed by atoms with Crippen molar-refractivity contribution in [3.63, 3.8) is 0 Å². The van der Waals surface area contributed by atoms with Crippen LogP contribution < -0.4 is 19.7 Å². The van der Waals surface area contributed by atoms with Crippen molar-refractivity contribution in [2.24, 2.45) is 0 Å². The van der Waals surface area contributed by atoms with E-state index in [0.29, 0.717) is 0 Å². The summed E-state index contributed by atoms with van der Waals surface area (Å²) in [5.41, 5.74) is 10.9. The van der Waals surface area contributed by atoms with Gasteiger partial charge in [-0.05, 0) is 111 Å². The molecule has 2 atom stereocenters. The third-order valence-electron chi connectivity index (χ3n) is 10.7. The van der Waals surface area contributed by atoms with Crippen LogP contribution in [-0.4, -0.2) is 5.34 Å². The minimum atomic E-state index is -1.26. The van der Waals surface area contributed by atoms with Crippen LogP contribution in [0.15, 0.2) is 171 Å². The van der Waals surface area contributed by atoms with Crippen molar-refractivity contribution in [2.75, 3.05) is 0 Å². The number of hydrogen-bond acceptors (Lipinski definition) is 3. The number of hydrogen-bond donors (Lipinski definition) is 0. The lowest BCUT2D eigenvalue weighted by Gasteiger charge is -2.31. The van der Waals surface area contributed by atoms with Gasteiger partial charge in [0.25, 0.3) is 0 Å². The highest BCUT2D eigenvalue weighted by Crippen LogP contribution is 2.53. The maximum atomic E-state index is 7.67. The Kier molecular flexibility index (Phi) is 20.5. The predicted molar refractivity (Wildman–Crippen MR) is 277 cm³/mol. The Balaban J connectivity index is 2.07. The summed E-state index contributed by atoms with van der Waals surface area (Å²) >= 11 is 0. The number of rotatable bonds is 25. The summed E-state index contributed by atoms with van der Waals surface area (Å²) in [6.45, 7) is 31.2. The highest BCUT2D eigenvalue weighted by atomic mass is 31.1. The zero-order valence-corrected chi connectivity index (χ0v) is 40.2. The van der Waals surface area contributed by atoms with Gasteiger partial charge in [-0.15, -0.1) is 0 Å². The first-order valence-corrected chi connectivity index (χ1v) is 24.2. The summed E-state index contributed by atoms with van der Waals surface area (Å²) in [6.07, 6.45) is 30.2. The van der Waals surface area contributed by atoms with E-state index in [1.165, 1.54) is 16.7 Å². The summed E-state index contributed by atoms with van der Waals surface area (Å²) in [7, 11) is -1.27. The van der Waals surface area contributed by atoms with Crippen molar-refractivity contribution in [1.82, 2.24) is 0 Å². The number of benzene rings is 4. The fourth-order valence-electron chi connectivity index (χ4n) is 6.99. The van der Waals surface area contributed by atoms with Crippen LogP contribution in [-0.2, 0) is 17.6 Å². The molecule has 324 valence electrons. The molecule has 0 heterocycles. The first-order valence-electron chi connectivity index (χ1n) is 22.0. The molecule has 0 aliphatic carbocycles. The molecule has 0 fully saturated rings. The first kappa shape index (κ1) is 49.5. The van der Waals surface area contributed by atoms with Gasteiger partial charge >= 0.3 is 0 Å². The van der Waals surface area contributed by atoms with Gasteiger partial charge in [0.2, 0.25) is 0 Å². The molecule has 0 radical (unpaired) electrons. The van der Waals surface area contributed by atoms with Crippen LogP contribution in [0.25, 0.3) is 23.3 Å². The molecule has 2 unspecified atom stereocenters. The monoisotopic (exact) mass is 862 g/mol. The lowest BCUT2D eigenvalue weighted by molar-refractivity contribution is 0.115. The molecule has 0 aliphatic heterocycles. The molecule has 0 bridgehead atoms. The molecule has 0 amide bonds. The standard InChI is InChI=1S/C57H68O3P2/c1-12-18-31-47-42-49(33-20-14-3)56(60-62(50-35-24-22-25-36-50)51-37-26-23-27-38-51)53(45(47)10)54-52(39-21-15-4)44(9)41-48(32-19-13-2)55(54)59-61-57(11,17-6)58-40-29-28-34-46(30-16-5)43(7)8/h12,15-16,18,21-31,34-42,61H,1,4-5,7,13-14,17,19-20,32-33H2,2-3,6,8-11H3/b31-18-,34-28-,39-21-,40-29+,46-30-. The Morgan fingerprint density at radius 3 is 1.89 bits per heavy atom. The highest BCUT2D eigenvalue weighted by Gasteiger charge is 2.31. The molecule has 5 heteroatoms. The third-order valence-corrected chi connectivity index (χ3v) is 13.8. The second kappa shape index (κ2) is 25.7. The lowest BCUT2D eigenvalue weighted by atomic mass is 9.84. The fraction of sp³-hybridized carbons (Fsp3) is 0.263. The van der Waals surface area contributed by atoms with Crippen LogP contribution in [0.3, 0.4) is 0 Å². The van der Waals surface area contributed by atoms with Gasteiger partial charge in [0.05, 0.1) is 6.26 Å². The molecular weight excluding hydrogens is 795 g/mol. The van der Waals surface area contributed by atoms with E-state index in [-0.39, 0.29) is 8.81 Å². The summed E-state index contributed by atoms with van der Waals surface area (Å²) in [5, 5.41) is 1.71. The first-order chi connectivity index (χ1) is 30.1. The topological polar surface area (TPSA) is 27.7 Å². The molecule has 3 nitrogen and oxygen atoms in total. The molecule has 4 aromatic carbocycles. The minimum absolute atomic E-state index is 0.00963. The van der Waals surface area contributed by atoms with Crippen molar-refractivity contribution < 1.29 is 13.8 Å². The van der Waals surface area contributed by atoms with Crippen molar-refractivity contribution in [3.8, 4) is 22.6 Å². The van der Waals surface area contributed by atoms with Crippen LogP contribution in [0.4, 0.5) is 0 Å². The van der Waals surface area contributed by atoms with Crippen molar-refractivity contribution >= 4 is 39.7 Å². The molecule has 0 spiro atoms. The molecular formula is C57H68O3P2. The van der Waals surface area contributed by atoms with Gasteiger partial charge < -0.3 is 13.8 Å². The van der Waals surface area contributed by atoms with Gasteiger partial charge in [0, 0.05) is 21.7 Å². The van der Waals surface area contributed by atoms with E-state index in [1.54, 1.807) is 12.3 Å². The van der Waals surface area contributed by atoms with Crippen molar-refractivity contribution in [1.29, 1.82) is 0 Å². The molecule has 0 saturated heterocycles. The van der Waals surface area contributed by atoms with E-state index in [0.717, 1.165) is 106 Å². The Morgan fingerprint density at radius 1 is 0.742 bits per heavy atom. The van der Waals surface area contributed by atoms with E-state index < -0.39 is 13.5 Å². The minimum Gasteiger partial charge on any atom is -0.488 e. The Hall–Kier alpha value is -5.20. The number of aryl methyl sites for hydroxylation is 3. The van der Waals surface area contributed by atoms with Crippen molar-refractivity contribution in [2.45, 2.75) is 98.8 Å². The lowest BCUT2D eigenvalue weighted by Crippen LogP contribution is -2.20. The maximum Gasteiger partial charge on any atom is 0.156 e. The Morgan fingerprint density at radius 2 is 1.34 bits per heavy atom. The van der Waals surface area contributed by atoms with E-state index in [1.807, 2.05) is 55.5 Å². The third kappa shape index (κ3) is 13.6. The fourth-order valence-corrected chi connectivity index (χ4v) is 9.59. The van der Waals surface area contributed by atoms with Crippen molar-refractivity contribution in [3.05, 3.63) is 205 Å². The van der Waals surface area contributed by atoms with Gasteiger partial charge in [-0.2, -0.15) is 0 Å². The zero-order valence-electron chi connectivity index (χ0n) is 38.3. The predicted octanol–water partition coefficient (Wildman–Crippen LogP) is 16.4. The maximum absolute atomic E-state index is 7.67. The molecule has 4 aromatic rings. The smallest absolute Gasteiger partial charge is 0.156 e. The second-order valence-corrected chi connectivity index (χ2v) is 18.9. The molecule has 0 aromatic heterocycles. The van der Waals surface area contributed by atoms with E-state index in [4.69, 9.17) is 13.8 Å². The summed E-state index contributed by atoms with van der Waals surface area (Å²) in [5.74, 6) is 1.78. The number of unbranched alkanes of at least 4 members (excludes halogenated alkanes) is 2. The number of ether oxygens (including phenoxy) is 1. The van der Waals surface area contributed by atoms with Gasteiger partial charge in [-0.1, -0.05) is 193 Å².